The van der Waals surface area contributed by atoms with E-state index in [9.17, 15) is 8.42 Å². The first-order valence-electron chi connectivity index (χ1n) is 9.01. The highest BCUT2D eigenvalue weighted by Crippen LogP contribution is 2.40. The van der Waals surface area contributed by atoms with Crippen molar-refractivity contribution in [3.8, 4) is 0 Å². The minimum absolute atomic E-state index is 0.191. The number of benzene rings is 2. The molecule has 0 radical (unpaired) electrons. The minimum Gasteiger partial charge on any atom is -0.212 e. The molecular weight excluding hydrogens is 366 g/mol. The van der Waals surface area contributed by atoms with E-state index < -0.39 is 15.3 Å². The summed E-state index contributed by atoms with van der Waals surface area (Å²) >= 11 is 5.92. The Morgan fingerprint density at radius 3 is 2.46 bits per heavy atom. The van der Waals surface area contributed by atoms with Crippen molar-refractivity contribution in [2.45, 2.75) is 30.6 Å². The van der Waals surface area contributed by atoms with Gasteiger partial charge >= 0.3 is 0 Å². The number of halogens is 1. The van der Waals surface area contributed by atoms with Crippen LogP contribution >= 0.6 is 11.6 Å². The number of sulfonamides is 1. The smallest absolute Gasteiger partial charge is 0.212 e. The molecule has 4 rings (SSSR count). The third-order valence-corrected chi connectivity index (χ3v) is 8.02. The normalized spacial score (nSPS) is 27.8. The first-order chi connectivity index (χ1) is 12.5. The zero-order valence-electron chi connectivity index (χ0n) is 14.5. The van der Waals surface area contributed by atoms with Gasteiger partial charge in [-0.2, -0.15) is 4.31 Å². The van der Waals surface area contributed by atoms with Crippen LogP contribution in [0, 0.1) is 5.92 Å². The molecule has 1 heterocycles. The summed E-state index contributed by atoms with van der Waals surface area (Å²) in [6, 6.07) is 17.7. The summed E-state index contributed by atoms with van der Waals surface area (Å²) in [7, 11) is -3.32. The molecule has 1 saturated heterocycles. The van der Waals surface area contributed by atoms with Crippen LogP contribution in [0.4, 0.5) is 0 Å². The lowest BCUT2D eigenvalue weighted by atomic mass is 9.81. The average molecular weight is 388 g/mol. The van der Waals surface area contributed by atoms with Crippen LogP contribution in [0.5, 0.6) is 0 Å². The summed E-state index contributed by atoms with van der Waals surface area (Å²) in [5, 5.41) is 0.265. The molecule has 3 atom stereocenters. The van der Waals surface area contributed by atoms with Gasteiger partial charge in [-0.25, -0.2) is 8.42 Å². The zero-order valence-corrected chi connectivity index (χ0v) is 16.0. The van der Waals surface area contributed by atoms with E-state index in [0.717, 1.165) is 18.4 Å². The van der Waals surface area contributed by atoms with Gasteiger partial charge < -0.3 is 0 Å². The molecule has 26 heavy (non-hydrogen) atoms. The Morgan fingerprint density at radius 2 is 1.73 bits per heavy atom. The molecule has 5 heteroatoms. The average Bonchev–Trinajstić information content (AvgIpc) is 2.66. The van der Waals surface area contributed by atoms with Crippen LogP contribution in [0.3, 0.4) is 0 Å². The lowest BCUT2D eigenvalue weighted by Gasteiger charge is -2.40. The van der Waals surface area contributed by atoms with Crippen molar-refractivity contribution in [2.24, 2.45) is 5.92 Å². The Hall–Kier alpha value is -1.62. The van der Waals surface area contributed by atoms with E-state index in [0.29, 0.717) is 24.0 Å². The van der Waals surface area contributed by atoms with Gasteiger partial charge in [0.05, 0.1) is 5.25 Å². The van der Waals surface area contributed by atoms with Crippen molar-refractivity contribution in [2.75, 3.05) is 6.54 Å². The number of hydrogen-bond acceptors (Lipinski definition) is 2. The maximum Gasteiger partial charge on any atom is 0.221 e. The number of hydrogen-bond donors (Lipinski definition) is 0. The van der Waals surface area contributed by atoms with Gasteiger partial charge in [-0.1, -0.05) is 66.2 Å². The Labute approximate surface area is 160 Å². The van der Waals surface area contributed by atoms with Gasteiger partial charge in [0.25, 0.3) is 0 Å². The molecule has 2 aromatic carbocycles. The molecule has 0 saturated carbocycles. The Balaban J connectivity index is 1.54. The number of fused-ring (bicyclic) bond motifs is 1. The quantitative estimate of drug-likeness (QED) is 0.721. The second kappa shape index (κ2) is 7.18. The Kier molecular flexibility index (Phi) is 4.91. The maximum atomic E-state index is 13.1. The molecule has 136 valence electrons. The first-order valence-corrected chi connectivity index (χ1v) is 10.9. The monoisotopic (exact) mass is 387 g/mol. The lowest BCUT2D eigenvalue weighted by molar-refractivity contribution is 0.295. The van der Waals surface area contributed by atoms with Crippen LogP contribution in [0.2, 0.25) is 5.02 Å². The lowest BCUT2D eigenvalue weighted by Crippen LogP contribution is -2.48. The van der Waals surface area contributed by atoms with E-state index in [1.807, 2.05) is 36.4 Å². The predicted molar refractivity (Wildman–Crippen MR) is 106 cm³/mol. The number of allylic oxidation sites excluding steroid dienone is 1. The fourth-order valence-electron chi connectivity index (χ4n) is 4.08. The van der Waals surface area contributed by atoms with E-state index in [2.05, 4.69) is 18.2 Å². The highest BCUT2D eigenvalue weighted by atomic mass is 35.5. The van der Waals surface area contributed by atoms with E-state index >= 15 is 0 Å². The van der Waals surface area contributed by atoms with Crippen LogP contribution in [0.15, 0.2) is 66.7 Å². The highest BCUT2D eigenvalue weighted by Gasteiger charge is 2.43. The summed E-state index contributed by atoms with van der Waals surface area (Å²) in [5.74, 6) is 0.507. The first kappa shape index (κ1) is 17.8. The predicted octanol–water partition coefficient (Wildman–Crippen LogP) is 4.60. The third-order valence-electron chi connectivity index (χ3n) is 5.51. The SMILES string of the molecule is O=S1(=O)[C@@H]2C=C[C@H](c3ccccc3)C[C@@H]2CCN1Cc1ccc(Cl)cc1. The molecule has 0 bridgehead atoms. The molecular formula is C21H22ClNO2S. The summed E-state index contributed by atoms with van der Waals surface area (Å²) in [6.45, 7) is 1.00. The maximum absolute atomic E-state index is 13.1. The summed E-state index contributed by atoms with van der Waals surface area (Å²) in [4.78, 5) is 0. The second-order valence-electron chi connectivity index (χ2n) is 7.16. The zero-order chi connectivity index (χ0) is 18.1. The van der Waals surface area contributed by atoms with Gasteiger partial charge in [-0.3, -0.25) is 0 Å². The standard InChI is InChI=1S/C21H22ClNO2S/c22-20-9-6-16(7-10-20)15-23-13-12-19-14-18(17-4-2-1-3-5-17)8-11-21(19)26(23,24)25/h1-11,18-19,21H,12-15H2/t18-,19-,21+/m0/s1. The fourth-order valence-corrected chi connectivity index (χ4v) is 6.27. The molecule has 0 aromatic heterocycles. The van der Waals surface area contributed by atoms with Gasteiger partial charge in [-0.15, -0.1) is 0 Å². The Bertz CT molecular complexity index is 893. The molecule has 0 N–H and O–H groups in total. The van der Waals surface area contributed by atoms with Crippen molar-refractivity contribution >= 4 is 21.6 Å². The van der Waals surface area contributed by atoms with E-state index in [-0.39, 0.29) is 5.92 Å². The topological polar surface area (TPSA) is 37.4 Å². The van der Waals surface area contributed by atoms with Crippen LogP contribution in [0.25, 0.3) is 0 Å². The van der Waals surface area contributed by atoms with Crippen molar-refractivity contribution in [3.05, 3.63) is 82.9 Å². The number of nitrogens with zero attached hydrogens (tertiary/aromatic N) is 1. The van der Waals surface area contributed by atoms with Gasteiger partial charge in [0.15, 0.2) is 0 Å². The van der Waals surface area contributed by atoms with Crippen molar-refractivity contribution in [3.63, 3.8) is 0 Å². The molecule has 1 fully saturated rings. The van der Waals surface area contributed by atoms with Gasteiger partial charge in [0, 0.05) is 24.0 Å². The molecule has 1 aliphatic heterocycles. The Morgan fingerprint density at radius 1 is 1.00 bits per heavy atom. The largest absolute Gasteiger partial charge is 0.221 e. The van der Waals surface area contributed by atoms with Crippen LogP contribution in [-0.2, 0) is 16.6 Å². The van der Waals surface area contributed by atoms with E-state index in [4.69, 9.17) is 11.6 Å². The molecule has 1 aliphatic carbocycles. The highest BCUT2D eigenvalue weighted by molar-refractivity contribution is 7.89. The van der Waals surface area contributed by atoms with Gasteiger partial charge in [0.1, 0.15) is 0 Å². The van der Waals surface area contributed by atoms with Crippen LogP contribution in [-0.4, -0.2) is 24.5 Å². The minimum atomic E-state index is -3.32. The molecule has 0 amide bonds. The molecule has 2 aliphatic rings. The van der Waals surface area contributed by atoms with Crippen LogP contribution < -0.4 is 0 Å². The summed E-state index contributed by atoms with van der Waals surface area (Å²) in [6.07, 6.45) is 5.82. The van der Waals surface area contributed by atoms with Gasteiger partial charge in [-0.05, 0) is 42.0 Å². The second-order valence-corrected chi connectivity index (χ2v) is 9.68. The fraction of sp³-hybridized carbons (Fsp3) is 0.333. The number of rotatable bonds is 3. The van der Waals surface area contributed by atoms with Crippen molar-refractivity contribution < 1.29 is 8.42 Å². The molecule has 0 spiro atoms. The van der Waals surface area contributed by atoms with E-state index in [1.165, 1.54) is 5.56 Å². The van der Waals surface area contributed by atoms with Crippen molar-refractivity contribution in [1.29, 1.82) is 0 Å². The third kappa shape index (κ3) is 3.46. The summed E-state index contributed by atoms with van der Waals surface area (Å²) < 4.78 is 27.9. The van der Waals surface area contributed by atoms with E-state index in [1.54, 1.807) is 16.4 Å². The summed E-state index contributed by atoms with van der Waals surface area (Å²) in [5.41, 5.74) is 2.24. The van der Waals surface area contributed by atoms with Crippen LogP contribution in [0.1, 0.15) is 29.9 Å². The molecule has 2 aromatic rings. The van der Waals surface area contributed by atoms with Crippen molar-refractivity contribution in [1.82, 2.24) is 4.31 Å². The van der Waals surface area contributed by atoms with Gasteiger partial charge in [0.2, 0.25) is 10.0 Å². The molecule has 3 nitrogen and oxygen atoms in total. The molecule has 0 unspecified atom stereocenters.